The maximum Gasteiger partial charge on any atom is 0.342 e. The second kappa shape index (κ2) is 7.61. The van der Waals surface area contributed by atoms with E-state index in [0.29, 0.717) is 6.42 Å². The Morgan fingerprint density at radius 1 is 1.07 bits per heavy atom. The van der Waals surface area contributed by atoms with Gasteiger partial charge in [0.2, 0.25) is 0 Å². The van der Waals surface area contributed by atoms with Crippen LogP contribution < -0.4 is 4.74 Å². The molecule has 4 rings (SSSR count). The molecule has 0 saturated heterocycles. The number of rotatable bonds is 5. The van der Waals surface area contributed by atoms with Gasteiger partial charge in [0.05, 0.1) is 34.7 Å². The lowest BCUT2D eigenvalue weighted by atomic mass is 9.82. The van der Waals surface area contributed by atoms with E-state index >= 15 is 0 Å². The maximum absolute atomic E-state index is 13.4. The van der Waals surface area contributed by atoms with Gasteiger partial charge in [-0.3, -0.25) is 9.59 Å². The lowest BCUT2D eigenvalue weighted by Gasteiger charge is -2.22. The molecule has 1 aliphatic carbocycles. The van der Waals surface area contributed by atoms with E-state index in [0.717, 1.165) is 0 Å². The third kappa shape index (κ3) is 2.82. The van der Waals surface area contributed by atoms with Crippen LogP contribution in [-0.4, -0.2) is 30.7 Å². The third-order valence-electron chi connectivity index (χ3n) is 5.01. The number of carbonyl (C=O) groups is 3. The summed E-state index contributed by atoms with van der Waals surface area (Å²) in [4.78, 5) is 39.3. The number of hydrogen-bond donors (Lipinski definition) is 0. The molecule has 1 aromatic heterocycles. The number of aryl methyl sites for hydroxylation is 1. The normalized spacial score (nSPS) is 12.7. The van der Waals surface area contributed by atoms with Gasteiger partial charge < -0.3 is 13.9 Å². The Morgan fingerprint density at radius 3 is 2.30 bits per heavy atom. The Morgan fingerprint density at radius 2 is 1.70 bits per heavy atom. The Labute approximate surface area is 177 Å². The Hall–Kier alpha value is -3.12. The van der Waals surface area contributed by atoms with Crippen LogP contribution >= 0.6 is 11.6 Å². The average Bonchev–Trinajstić information content (AvgIpc) is 3.09. The fraction of sp³-hybridized carbons (Fsp3) is 0.261. The van der Waals surface area contributed by atoms with Crippen molar-refractivity contribution in [3.8, 4) is 5.75 Å². The molecule has 7 heteroatoms. The fourth-order valence-electron chi connectivity index (χ4n) is 3.75. The summed E-state index contributed by atoms with van der Waals surface area (Å²) < 4.78 is 16.9. The van der Waals surface area contributed by atoms with Crippen LogP contribution in [0.25, 0.3) is 11.0 Å². The molecule has 30 heavy (non-hydrogen) atoms. The van der Waals surface area contributed by atoms with E-state index in [1.54, 1.807) is 38.1 Å². The number of ketones is 2. The number of hydrogen-bond acceptors (Lipinski definition) is 6. The Balaban J connectivity index is 2.13. The highest BCUT2D eigenvalue weighted by molar-refractivity contribution is 6.43. The molecule has 3 aromatic rings. The van der Waals surface area contributed by atoms with Crippen LogP contribution in [0.3, 0.4) is 0 Å². The predicted molar refractivity (Wildman–Crippen MR) is 111 cm³/mol. The lowest BCUT2D eigenvalue weighted by Crippen LogP contribution is -2.23. The topological polar surface area (TPSA) is 82.8 Å². The smallest absolute Gasteiger partial charge is 0.342 e. The number of fused-ring (bicyclic) bond motifs is 3. The molecule has 0 N–H and O–H groups in total. The Bertz CT molecular complexity index is 1220. The van der Waals surface area contributed by atoms with Crippen molar-refractivity contribution in [1.82, 2.24) is 0 Å². The molecular formula is C23H19ClO6. The SMILES string of the molecule is CCCOc1c2c(c(Cl)c3oc(C)c(C(=O)OCC)c13)C(=O)c1ccccc1C2=O. The third-order valence-corrected chi connectivity index (χ3v) is 5.37. The number of halogens is 1. The number of benzene rings is 2. The molecule has 154 valence electrons. The summed E-state index contributed by atoms with van der Waals surface area (Å²) in [5.74, 6) is -0.990. The zero-order chi connectivity index (χ0) is 21.6. The van der Waals surface area contributed by atoms with Gasteiger partial charge in [0.25, 0.3) is 0 Å². The van der Waals surface area contributed by atoms with Crippen molar-refractivity contribution in [3.05, 3.63) is 62.9 Å². The fourth-order valence-corrected chi connectivity index (χ4v) is 4.07. The minimum Gasteiger partial charge on any atom is -0.492 e. The van der Waals surface area contributed by atoms with E-state index in [2.05, 4.69) is 0 Å². The molecule has 0 atom stereocenters. The number of ether oxygens (including phenoxy) is 2. The van der Waals surface area contributed by atoms with Crippen molar-refractivity contribution in [2.24, 2.45) is 0 Å². The molecule has 0 bridgehead atoms. The van der Waals surface area contributed by atoms with E-state index in [9.17, 15) is 14.4 Å². The molecule has 1 aliphatic rings. The van der Waals surface area contributed by atoms with E-state index in [-0.39, 0.29) is 80.1 Å². The standard InChI is InChI=1S/C23H19ClO6/c1-4-10-29-21-16-15(19(25)12-8-6-7-9-13(12)20(16)26)18(24)22-17(21)14(11(3)30-22)23(27)28-5-2/h6-9H,4-5,10H2,1-3H3. The lowest BCUT2D eigenvalue weighted by molar-refractivity contribution is 0.0526. The molecule has 0 spiro atoms. The molecule has 0 amide bonds. The molecule has 0 aliphatic heterocycles. The van der Waals surface area contributed by atoms with Gasteiger partial charge in [-0.05, 0) is 20.3 Å². The van der Waals surface area contributed by atoms with E-state index in [1.807, 2.05) is 6.92 Å². The first kappa shape index (κ1) is 20.2. The minimum absolute atomic E-state index is 0.0182. The highest BCUT2D eigenvalue weighted by atomic mass is 35.5. The van der Waals surface area contributed by atoms with Crippen molar-refractivity contribution in [3.63, 3.8) is 0 Å². The molecule has 0 unspecified atom stereocenters. The second-order valence-electron chi connectivity index (χ2n) is 6.90. The van der Waals surface area contributed by atoms with Gasteiger partial charge in [0, 0.05) is 11.1 Å². The quantitative estimate of drug-likeness (QED) is 0.411. The molecule has 0 radical (unpaired) electrons. The monoisotopic (exact) mass is 426 g/mol. The molecule has 2 aromatic carbocycles. The van der Waals surface area contributed by atoms with Crippen LogP contribution in [0, 0.1) is 6.92 Å². The second-order valence-corrected chi connectivity index (χ2v) is 7.28. The summed E-state index contributed by atoms with van der Waals surface area (Å²) in [5, 5.41) is 0.235. The maximum atomic E-state index is 13.4. The highest BCUT2D eigenvalue weighted by Gasteiger charge is 2.39. The van der Waals surface area contributed by atoms with Crippen LogP contribution in [0.2, 0.25) is 5.02 Å². The van der Waals surface area contributed by atoms with Gasteiger partial charge in [0.1, 0.15) is 17.1 Å². The van der Waals surface area contributed by atoms with Crippen molar-refractivity contribution >= 4 is 40.1 Å². The molecule has 6 nitrogen and oxygen atoms in total. The van der Waals surface area contributed by atoms with Gasteiger partial charge in [-0.2, -0.15) is 0 Å². The first-order chi connectivity index (χ1) is 14.4. The van der Waals surface area contributed by atoms with Crippen molar-refractivity contribution in [2.75, 3.05) is 13.2 Å². The summed E-state index contributed by atoms with van der Waals surface area (Å²) in [7, 11) is 0. The first-order valence-corrected chi connectivity index (χ1v) is 10.1. The molecular weight excluding hydrogens is 408 g/mol. The summed E-state index contributed by atoms with van der Waals surface area (Å²) in [5.41, 5.74) is 0.889. The summed E-state index contributed by atoms with van der Waals surface area (Å²) in [6.07, 6.45) is 0.656. The van der Waals surface area contributed by atoms with Crippen molar-refractivity contribution in [2.45, 2.75) is 27.2 Å². The van der Waals surface area contributed by atoms with Gasteiger partial charge in [-0.1, -0.05) is 42.8 Å². The number of carbonyl (C=O) groups excluding carboxylic acids is 3. The van der Waals surface area contributed by atoms with Crippen LogP contribution in [0.4, 0.5) is 0 Å². The van der Waals surface area contributed by atoms with Crippen LogP contribution in [0.5, 0.6) is 5.75 Å². The van der Waals surface area contributed by atoms with E-state index in [1.165, 1.54) is 0 Å². The van der Waals surface area contributed by atoms with Crippen molar-refractivity contribution in [1.29, 1.82) is 0 Å². The van der Waals surface area contributed by atoms with E-state index in [4.69, 9.17) is 25.5 Å². The van der Waals surface area contributed by atoms with Gasteiger partial charge >= 0.3 is 5.97 Å². The predicted octanol–water partition coefficient (Wildman–Crippen LogP) is 5.14. The number of furan rings is 1. The largest absolute Gasteiger partial charge is 0.492 e. The van der Waals surface area contributed by atoms with E-state index < -0.39 is 5.97 Å². The van der Waals surface area contributed by atoms with Crippen molar-refractivity contribution < 1.29 is 28.3 Å². The zero-order valence-corrected chi connectivity index (χ0v) is 17.5. The van der Waals surface area contributed by atoms with Crippen LogP contribution in [0.1, 0.15) is 68.2 Å². The minimum atomic E-state index is -0.610. The molecule has 1 heterocycles. The summed E-state index contributed by atoms with van der Waals surface area (Å²) in [6.45, 7) is 5.65. The highest BCUT2D eigenvalue weighted by Crippen LogP contribution is 2.47. The van der Waals surface area contributed by atoms with Crippen LogP contribution in [0.15, 0.2) is 28.7 Å². The number of esters is 1. The zero-order valence-electron chi connectivity index (χ0n) is 16.8. The van der Waals surface area contributed by atoms with Gasteiger partial charge in [-0.25, -0.2) is 4.79 Å². The Kier molecular flexibility index (Phi) is 5.12. The van der Waals surface area contributed by atoms with Gasteiger partial charge in [-0.15, -0.1) is 0 Å². The summed E-state index contributed by atoms with van der Waals surface area (Å²) >= 11 is 6.58. The van der Waals surface area contributed by atoms with Crippen LogP contribution in [-0.2, 0) is 4.74 Å². The molecule has 0 fully saturated rings. The molecule has 0 saturated carbocycles. The van der Waals surface area contributed by atoms with Gasteiger partial charge in [0.15, 0.2) is 17.1 Å². The average molecular weight is 427 g/mol. The first-order valence-electron chi connectivity index (χ1n) is 9.69. The summed E-state index contributed by atoms with van der Waals surface area (Å²) in [6, 6.07) is 6.55.